The van der Waals surface area contributed by atoms with E-state index in [0.717, 1.165) is 74.3 Å². The molecule has 4 rings (SSSR count). The molecule has 29 heavy (non-hydrogen) atoms. The Morgan fingerprint density at radius 2 is 1.76 bits per heavy atom. The number of fused-ring (bicyclic) bond motifs is 2. The standard InChI is InChI=1S/C23H33N3O3/c1-27-13-12-26-10-8-16(9-11-26)24-23-17-6-4-5-7-19(17)25-20-15-22(29-3)21(28-2)14-18(20)23/h14-16H,4-13H2,1-3H3,(H,24,25). The van der Waals surface area contributed by atoms with Gasteiger partial charge in [0.1, 0.15) is 0 Å². The molecule has 1 N–H and O–H groups in total. The lowest BCUT2D eigenvalue weighted by molar-refractivity contribution is 0.132. The summed E-state index contributed by atoms with van der Waals surface area (Å²) in [5, 5.41) is 5.07. The highest BCUT2D eigenvalue weighted by atomic mass is 16.5. The molecule has 6 heteroatoms. The minimum absolute atomic E-state index is 0.485. The normalized spacial score (nSPS) is 17.9. The van der Waals surface area contributed by atoms with Crippen LogP contribution in [-0.2, 0) is 17.6 Å². The van der Waals surface area contributed by atoms with E-state index in [4.69, 9.17) is 19.2 Å². The van der Waals surface area contributed by atoms with Crippen molar-refractivity contribution in [2.24, 2.45) is 0 Å². The number of pyridine rings is 1. The SMILES string of the molecule is COCCN1CCC(Nc2c3c(nc4cc(OC)c(OC)cc24)CCCC3)CC1. The number of methoxy groups -OCH3 is 3. The maximum absolute atomic E-state index is 5.59. The Kier molecular flexibility index (Phi) is 6.40. The number of piperidine rings is 1. The average molecular weight is 400 g/mol. The van der Waals surface area contributed by atoms with Gasteiger partial charge in [-0.15, -0.1) is 0 Å². The van der Waals surface area contributed by atoms with Crippen molar-refractivity contribution in [3.05, 3.63) is 23.4 Å². The summed E-state index contributed by atoms with van der Waals surface area (Å²) in [6.45, 7) is 4.06. The zero-order chi connectivity index (χ0) is 20.2. The van der Waals surface area contributed by atoms with Crippen LogP contribution in [-0.4, -0.2) is 63.5 Å². The second-order valence-corrected chi connectivity index (χ2v) is 8.10. The van der Waals surface area contributed by atoms with Crippen molar-refractivity contribution in [3.63, 3.8) is 0 Å². The second kappa shape index (κ2) is 9.18. The van der Waals surface area contributed by atoms with Gasteiger partial charge >= 0.3 is 0 Å². The Morgan fingerprint density at radius 3 is 2.48 bits per heavy atom. The van der Waals surface area contributed by atoms with Crippen LogP contribution in [0.15, 0.2) is 12.1 Å². The number of hydrogen-bond acceptors (Lipinski definition) is 6. The smallest absolute Gasteiger partial charge is 0.162 e. The zero-order valence-electron chi connectivity index (χ0n) is 17.9. The van der Waals surface area contributed by atoms with Crippen LogP contribution >= 0.6 is 0 Å². The number of anilines is 1. The van der Waals surface area contributed by atoms with Crippen molar-refractivity contribution < 1.29 is 14.2 Å². The van der Waals surface area contributed by atoms with E-state index in [9.17, 15) is 0 Å². The van der Waals surface area contributed by atoms with Crippen molar-refractivity contribution in [2.75, 3.05) is 52.9 Å². The number of ether oxygens (including phenoxy) is 3. The third kappa shape index (κ3) is 4.28. The van der Waals surface area contributed by atoms with Gasteiger partial charge in [-0.05, 0) is 50.2 Å². The molecule has 6 nitrogen and oxygen atoms in total. The van der Waals surface area contributed by atoms with Crippen LogP contribution in [0.3, 0.4) is 0 Å². The van der Waals surface area contributed by atoms with Crippen molar-refractivity contribution in [1.82, 2.24) is 9.88 Å². The average Bonchev–Trinajstić information content (AvgIpc) is 2.77. The fourth-order valence-corrected chi connectivity index (χ4v) is 4.64. The van der Waals surface area contributed by atoms with Gasteiger partial charge in [0, 0.05) is 55.6 Å². The van der Waals surface area contributed by atoms with Gasteiger partial charge < -0.3 is 24.4 Å². The number of nitrogens with zero attached hydrogens (tertiary/aromatic N) is 2. The number of rotatable bonds is 7. The number of likely N-dealkylation sites (tertiary alicyclic amines) is 1. The van der Waals surface area contributed by atoms with Gasteiger partial charge in [-0.3, -0.25) is 4.98 Å². The summed E-state index contributed by atoms with van der Waals surface area (Å²) >= 11 is 0. The molecule has 1 aliphatic heterocycles. The maximum atomic E-state index is 5.59. The van der Waals surface area contributed by atoms with Crippen LogP contribution in [0.1, 0.15) is 36.9 Å². The molecule has 2 aromatic rings. The van der Waals surface area contributed by atoms with Gasteiger partial charge in [0.15, 0.2) is 11.5 Å². The Hall–Kier alpha value is -2.05. The molecule has 0 saturated carbocycles. The highest BCUT2D eigenvalue weighted by Crippen LogP contribution is 2.39. The van der Waals surface area contributed by atoms with E-state index in [1.807, 2.05) is 6.07 Å². The molecule has 1 aromatic carbocycles. The van der Waals surface area contributed by atoms with Crippen LogP contribution in [0.4, 0.5) is 5.69 Å². The van der Waals surface area contributed by atoms with Crippen molar-refractivity contribution >= 4 is 16.6 Å². The summed E-state index contributed by atoms with van der Waals surface area (Å²) in [5.74, 6) is 1.50. The Labute approximate surface area is 173 Å². The monoisotopic (exact) mass is 399 g/mol. The van der Waals surface area contributed by atoms with E-state index in [1.165, 1.54) is 29.8 Å². The molecule has 1 aromatic heterocycles. The highest BCUT2D eigenvalue weighted by molar-refractivity contribution is 5.96. The van der Waals surface area contributed by atoms with Gasteiger partial charge in [0.25, 0.3) is 0 Å². The highest BCUT2D eigenvalue weighted by Gasteiger charge is 2.24. The van der Waals surface area contributed by atoms with Gasteiger partial charge in [0.2, 0.25) is 0 Å². The molecular formula is C23H33N3O3. The van der Waals surface area contributed by atoms with Crippen LogP contribution in [0.25, 0.3) is 10.9 Å². The first kappa shape index (κ1) is 20.2. The molecule has 0 spiro atoms. The van der Waals surface area contributed by atoms with Crippen molar-refractivity contribution in [3.8, 4) is 11.5 Å². The van der Waals surface area contributed by atoms with Gasteiger partial charge in [-0.25, -0.2) is 0 Å². The lowest BCUT2D eigenvalue weighted by Gasteiger charge is -2.34. The summed E-state index contributed by atoms with van der Waals surface area (Å²) in [6.07, 6.45) is 6.91. The predicted octanol–water partition coefficient (Wildman–Crippen LogP) is 3.65. The molecule has 2 aliphatic rings. The molecule has 0 bridgehead atoms. The van der Waals surface area contributed by atoms with Crippen molar-refractivity contribution in [2.45, 2.75) is 44.6 Å². The lowest BCUT2D eigenvalue weighted by Crippen LogP contribution is -2.40. The van der Waals surface area contributed by atoms with E-state index in [-0.39, 0.29) is 0 Å². The van der Waals surface area contributed by atoms with Crippen LogP contribution in [0.5, 0.6) is 11.5 Å². The summed E-state index contributed by atoms with van der Waals surface area (Å²) in [6, 6.07) is 4.59. The lowest BCUT2D eigenvalue weighted by atomic mass is 9.91. The summed E-state index contributed by atoms with van der Waals surface area (Å²) in [5.41, 5.74) is 4.90. The zero-order valence-corrected chi connectivity index (χ0v) is 17.9. The van der Waals surface area contributed by atoms with Gasteiger partial charge in [-0.2, -0.15) is 0 Å². The number of benzene rings is 1. The first-order valence-corrected chi connectivity index (χ1v) is 10.8. The summed E-state index contributed by atoms with van der Waals surface area (Å²) < 4.78 is 16.3. The molecular weight excluding hydrogens is 366 g/mol. The van der Waals surface area contributed by atoms with Crippen LogP contribution in [0, 0.1) is 0 Å². The quantitative estimate of drug-likeness (QED) is 0.767. The number of nitrogens with one attached hydrogen (secondary N) is 1. The second-order valence-electron chi connectivity index (χ2n) is 8.10. The molecule has 2 heterocycles. The largest absolute Gasteiger partial charge is 0.493 e. The third-order valence-corrected chi connectivity index (χ3v) is 6.31. The molecule has 0 amide bonds. The van der Waals surface area contributed by atoms with Gasteiger partial charge in [0.05, 0.1) is 26.3 Å². The molecule has 1 fully saturated rings. The predicted molar refractivity (Wildman–Crippen MR) is 116 cm³/mol. The Morgan fingerprint density at radius 1 is 1.03 bits per heavy atom. The molecule has 1 aliphatic carbocycles. The topological polar surface area (TPSA) is 55.9 Å². The maximum Gasteiger partial charge on any atom is 0.162 e. The Bertz CT molecular complexity index is 842. The molecule has 1 saturated heterocycles. The first-order valence-electron chi connectivity index (χ1n) is 10.8. The number of aromatic nitrogens is 1. The van der Waals surface area contributed by atoms with E-state index in [2.05, 4.69) is 16.3 Å². The Balaban J connectivity index is 1.65. The van der Waals surface area contributed by atoms with Gasteiger partial charge in [-0.1, -0.05) is 0 Å². The minimum Gasteiger partial charge on any atom is -0.493 e. The minimum atomic E-state index is 0.485. The molecule has 0 radical (unpaired) electrons. The molecule has 0 atom stereocenters. The van der Waals surface area contributed by atoms with Crippen molar-refractivity contribution in [1.29, 1.82) is 0 Å². The van der Waals surface area contributed by atoms with Crippen LogP contribution < -0.4 is 14.8 Å². The van der Waals surface area contributed by atoms with E-state index >= 15 is 0 Å². The molecule has 0 unspecified atom stereocenters. The van der Waals surface area contributed by atoms with E-state index in [1.54, 1.807) is 21.3 Å². The number of hydrogen-bond donors (Lipinski definition) is 1. The fraction of sp³-hybridized carbons (Fsp3) is 0.609. The summed E-state index contributed by atoms with van der Waals surface area (Å²) in [7, 11) is 5.15. The van der Waals surface area contributed by atoms with Crippen LogP contribution in [0.2, 0.25) is 0 Å². The summed E-state index contributed by atoms with van der Waals surface area (Å²) in [4.78, 5) is 7.50. The fourth-order valence-electron chi connectivity index (χ4n) is 4.64. The third-order valence-electron chi connectivity index (χ3n) is 6.31. The number of aryl methyl sites for hydroxylation is 1. The molecule has 158 valence electrons. The first-order chi connectivity index (χ1) is 14.2. The van der Waals surface area contributed by atoms with E-state index in [0.29, 0.717) is 6.04 Å². The van der Waals surface area contributed by atoms with E-state index < -0.39 is 0 Å².